The Morgan fingerprint density at radius 3 is 2.54 bits per heavy atom. The summed E-state index contributed by atoms with van der Waals surface area (Å²) in [7, 11) is -2.51. The second-order valence-electron chi connectivity index (χ2n) is 8.41. The molecule has 3 rings (SSSR count). The minimum atomic E-state index is -4.02. The lowest BCUT2D eigenvalue weighted by Gasteiger charge is -2.25. The number of halogens is 1. The van der Waals surface area contributed by atoms with Crippen molar-refractivity contribution >= 4 is 33.1 Å². The number of amides is 1. The molecule has 1 atom stereocenters. The molecule has 37 heavy (non-hydrogen) atoms. The van der Waals surface area contributed by atoms with Crippen LogP contribution in [-0.2, 0) is 27.8 Å². The molecule has 0 saturated heterocycles. The number of methoxy groups -OCH3 is 1. The first kappa shape index (κ1) is 28.4. The summed E-state index contributed by atoms with van der Waals surface area (Å²) in [5.74, 6) is -1.95. The number of ether oxygens (including phenoxy) is 1. The zero-order chi connectivity index (χ0) is 27.2. The number of thiazole rings is 1. The first-order valence-electron chi connectivity index (χ1n) is 11.3. The Kier molecular flexibility index (Phi) is 9.49. The number of aliphatic hydroxyl groups is 1. The molecular weight excluding hydrogens is 521 g/mol. The summed E-state index contributed by atoms with van der Waals surface area (Å²) in [5, 5.41) is 16.2. The van der Waals surface area contributed by atoms with E-state index in [1.54, 1.807) is 43.3 Å². The molecule has 0 bridgehead atoms. The fourth-order valence-electron chi connectivity index (χ4n) is 3.73. The number of primary sulfonamides is 1. The number of carbonyl (C=O) groups excluding carboxylic acids is 2. The number of ketones is 1. The van der Waals surface area contributed by atoms with E-state index in [4.69, 9.17) is 9.88 Å². The smallest absolute Gasteiger partial charge is 0.256 e. The highest BCUT2D eigenvalue weighted by Crippen LogP contribution is 2.24. The van der Waals surface area contributed by atoms with Gasteiger partial charge >= 0.3 is 0 Å². The highest BCUT2D eigenvalue weighted by molar-refractivity contribution is 7.89. The average Bonchev–Trinajstić information content (AvgIpc) is 3.21. The van der Waals surface area contributed by atoms with Crippen molar-refractivity contribution in [3.05, 3.63) is 81.1 Å². The van der Waals surface area contributed by atoms with Crippen LogP contribution in [-0.4, -0.2) is 54.5 Å². The molecule has 198 valence electrons. The third kappa shape index (κ3) is 8.15. The van der Waals surface area contributed by atoms with Crippen LogP contribution in [0.4, 0.5) is 4.39 Å². The molecule has 0 aliphatic carbocycles. The second-order valence-corrected chi connectivity index (χ2v) is 11.3. The Morgan fingerprint density at radius 2 is 1.92 bits per heavy atom. The minimum Gasteiger partial charge on any atom is -0.497 e. The van der Waals surface area contributed by atoms with E-state index in [0.29, 0.717) is 34.0 Å². The summed E-state index contributed by atoms with van der Waals surface area (Å²) in [5.41, 5.74) is 1.13. The number of benzene rings is 2. The van der Waals surface area contributed by atoms with Crippen LogP contribution in [0.25, 0.3) is 0 Å². The molecule has 1 amide bonds. The molecule has 0 fully saturated rings. The minimum absolute atomic E-state index is 0.0106. The average molecular weight is 550 g/mol. The van der Waals surface area contributed by atoms with Crippen molar-refractivity contribution in [2.45, 2.75) is 32.4 Å². The van der Waals surface area contributed by atoms with Gasteiger partial charge in [-0.05, 0) is 55.2 Å². The Balaban J connectivity index is 1.80. The molecule has 12 heteroatoms. The van der Waals surface area contributed by atoms with E-state index in [1.165, 1.54) is 24.1 Å². The van der Waals surface area contributed by atoms with Crippen molar-refractivity contribution < 1.29 is 32.2 Å². The molecule has 1 heterocycles. The molecule has 3 aromatic rings. The number of sulfonamides is 1. The van der Waals surface area contributed by atoms with Crippen molar-refractivity contribution in [2.24, 2.45) is 5.14 Å². The second kappa shape index (κ2) is 12.4. The van der Waals surface area contributed by atoms with Gasteiger partial charge in [0.05, 0.1) is 13.7 Å². The third-order valence-electron chi connectivity index (χ3n) is 5.52. The number of aliphatic hydroxyl groups excluding tert-OH is 1. The lowest BCUT2D eigenvalue weighted by Crippen LogP contribution is -2.35. The molecule has 0 aliphatic heterocycles. The van der Waals surface area contributed by atoms with Crippen LogP contribution >= 0.6 is 11.3 Å². The molecule has 3 N–H and O–H groups in total. The number of aryl methyl sites for hydroxylation is 2. The van der Waals surface area contributed by atoms with Crippen LogP contribution in [0.2, 0.25) is 0 Å². The number of hydrogen-bond acceptors (Lipinski definition) is 8. The summed E-state index contributed by atoms with van der Waals surface area (Å²) in [6, 6.07) is 12.6. The number of rotatable bonds is 12. The zero-order valence-electron chi connectivity index (χ0n) is 20.4. The maximum Gasteiger partial charge on any atom is 0.256 e. The number of nitrogens with two attached hydrogens (primary N) is 1. The number of hydrogen-bond donors (Lipinski definition) is 2. The predicted octanol–water partition coefficient (Wildman–Crippen LogP) is 2.77. The lowest BCUT2D eigenvalue weighted by molar-refractivity contribution is -0.141. The van der Waals surface area contributed by atoms with Gasteiger partial charge in [0.15, 0.2) is 11.9 Å². The van der Waals surface area contributed by atoms with E-state index < -0.39 is 33.6 Å². The fourth-order valence-corrected chi connectivity index (χ4v) is 5.20. The highest BCUT2D eigenvalue weighted by Gasteiger charge is 2.26. The van der Waals surface area contributed by atoms with E-state index in [0.717, 1.165) is 16.9 Å². The van der Waals surface area contributed by atoms with Gasteiger partial charge < -0.3 is 14.7 Å². The molecule has 9 nitrogen and oxygen atoms in total. The summed E-state index contributed by atoms with van der Waals surface area (Å²) >= 11 is 1.15. The Labute approximate surface area is 218 Å². The standard InChI is InChI=1S/C25H28FN3O6S2/c1-16-23(21(30)15-37(27,33)34)28-22(36-16)14-29(12-4-6-17-5-3-7-19(26)13-17)25(32)24(31)18-8-10-20(35-2)11-9-18/h3,5,7-11,13,24,31H,4,6,12,14-15H2,1-2H3,(H2,27,33,34)/t24-/m1/s1. The molecule has 0 unspecified atom stereocenters. The quantitative estimate of drug-likeness (QED) is 0.331. The maximum atomic E-state index is 13.5. The van der Waals surface area contributed by atoms with E-state index in [-0.39, 0.29) is 24.6 Å². The van der Waals surface area contributed by atoms with Gasteiger partial charge in [0.2, 0.25) is 10.0 Å². The number of carbonyl (C=O) groups is 2. The van der Waals surface area contributed by atoms with Crippen LogP contribution in [0.15, 0.2) is 48.5 Å². The highest BCUT2D eigenvalue weighted by atomic mass is 32.2. The summed E-state index contributed by atoms with van der Waals surface area (Å²) < 4.78 is 41.3. The van der Waals surface area contributed by atoms with Gasteiger partial charge in [0.25, 0.3) is 5.91 Å². The summed E-state index contributed by atoms with van der Waals surface area (Å²) in [4.78, 5) is 31.8. The first-order valence-corrected chi connectivity index (χ1v) is 13.8. The van der Waals surface area contributed by atoms with E-state index in [1.807, 2.05) is 0 Å². The van der Waals surface area contributed by atoms with Crippen molar-refractivity contribution in [2.75, 3.05) is 19.4 Å². The van der Waals surface area contributed by atoms with E-state index in [9.17, 15) is 27.5 Å². The molecule has 0 spiro atoms. The van der Waals surface area contributed by atoms with Gasteiger partial charge in [-0.3, -0.25) is 9.59 Å². The van der Waals surface area contributed by atoms with Crippen LogP contribution in [0.1, 0.15) is 44.0 Å². The Morgan fingerprint density at radius 1 is 1.22 bits per heavy atom. The number of nitrogens with zero attached hydrogens (tertiary/aromatic N) is 2. The van der Waals surface area contributed by atoms with Crippen LogP contribution in [0.5, 0.6) is 5.75 Å². The van der Waals surface area contributed by atoms with Crippen molar-refractivity contribution in [1.82, 2.24) is 9.88 Å². The molecule has 1 aromatic heterocycles. The van der Waals surface area contributed by atoms with Crippen molar-refractivity contribution in [3.8, 4) is 5.75 Å². The SMILES string of the molecule is COc1ccc([C@@H](O)C(=O)N(CCCc2cccc(F)c2)Cc2nc(C(=O)CS(N)(=O)=O)c(C)s2)cc1. The topological polar surface area (TPSA) is 140 Å². The van der Waals surface area contributed by atoms with Gasteiger partial charge in [0.1, 0.15) is 28.0 Å². The normalized spacial score (nSPS) is 12.2. The van der Waals surface area contributed by atoms with Crippen LogP contribution in [0.3, 0.4) is 0 Å². The van der Waals surface area contributed by atoms with Gasteiger partial charge in [-0.1, -0.05) is 24.3 Å². The number of Topliss-reactive ketones (excluding diaryl/α,β-unsaturated/α-hetero) is 1. The Bertz CT molecular complexity index is 1360. The Hall–Kier alpha value is -3.19. The van der Waals surface area contributed by atoms with Gasteiger partial charge in [0, 0.05) is 11.4 Å². The molecule has 2 aromatic carbocycles. The zero-order valence-corrected chi connectivity index (χ0v) is 22.0. The first-order chi connectivity index (χ1) is 17.5. The van der Waals surface area contributed by atoms with Gasteiger partial charge in [-0.25, -0.2) is 22.9 Å². The van der Waals surface area contributed by atoms with Gasteiger partial charge in [-0.15, -0.1) is 11.3 Å². The van der Waals surface area contributed by atoms with E-state index >= 15 is 0 Å². The third-order valence-corrected chi connectivity index (χ3v) is 7.14. The lowest BCUT2D eigenvalue weighted by atomic mass is 10.1. The molecule has 0 aliphatic rings. The predicted molar refractivity (Wildman–Crippen MR) is 137 cm³/mol. The monoisotopic (exact) mass is 549 g/mol. The fraction of sp³-hybridized carbons (Fsp3) is 0.320. The molecule has 0 saturated carbocycles. The van der Waals surface area contributed by atoms with E-state index in [2.05, 4.69) is 4.98 Å². The summed E-state index contributed by atoms with van der Waals surface area (Å²) in [6.07, 6.45) is -0.481. The van der Waals surface area contributed by atoms with Crippen LogP contribution < -0.4 is 9.88 Å². The molecular formula is C25H28FN3O6S2. The number of aromatic nitrogens is 1. The van der Waals surface area contributed by atoms with Crippen molar-refractivity contribution in [3.63, 3.8) is 0 Å². The summed E-state index contributed by atoms with van der Waals surface area (Å²) in [6.45, 7) is 1.84. The van der Waals surface area contributed by atoms with Crippen molar-refractivity contribution in [1.29, 1.82) is 0 Å². The van der Waals surface area contributed by atoms with Crippen LogP contribution in [0, 0.1) is 12.7 Å². The molecule has 0 radical (unpaired) electrons. The van der Waals surface area contributed by atoms with Gasteiger partial charge in [-0.2, -0.15) is 0 Å². The maximum absolute atomic E-state index is 13.5. The largest absolute Gasteiger partial charge is 0.497 e.